The highest BCUT2D eigenvalue weighted by atomic mass is 15.0. The van der Waals surface area contributed by atoms with Gasteiger partial charge in [0.2, 0.25) is 0 Å². The maximum atomic E-state index is 10.3. The smallest absolute Gasteiger partial charge is 0.164 e. The van der Waals surface area contributed by atoms with Crippen molar-refractivity contribution in [1.82, 2.24) is 24.1 Å². The van der Waals surface area contributed by atoms with E-state index in [0.29, 0.717) is 23.0 Å². The Hall–Kier alpha value is -12.0. The Balaban J connectivity index is 1.03. The molecule has 0 aliphatic carbocycles. The third-order valence-electron chi connectivity index (χ3n) is 17.0. The zero-order valence-corrected chi connectivity index (χ0v) is 47.7. The molecule has 6 heteroatoms. The molecule has 16 rings (SSSR count). The average molecular weight is 1120 g/mol. The molecule has 0 saturated carbocycles. The van der Waals surface area contributed by atoms with Crippen molar-refractivity contribution in [1.29, 1.82) is 5.26 Å². The Morgan fingerprint density at radius 3 is 0.852 bits per heavy atom. The largest absolute Gasteiger partial charge is 0.309 e. The minimum atomic E-state index is 0.543. The van der Waals surface area contributed by atoms with E-state index in [1.54, 1.807) is 0 Å². The molecule has 0 spiro atoms. The zero-order chi connectivity index (χ0) is 58.5. The lowest BCUT2D eigenvalue weighted by molar-refractivity contribution is 1.07. The number of rotatable bonds is 11. The van der Waals surface area contributed by atoms with E-state index in [-0.39, 0.29) is 0 Å². The van der Waals surface area contributed by atoms with Gasteiger partial charge in [0.1, 0.15) is 0 Å². The van der Waals surface area contributed by atoms with Crippen LogP contribution in [0.4, 0.5) is 0 Å². The van der Waals surface area contributed by atoms with Crippen molar-refractivity contribution >= 4 is 43.6 Å². The Bertz CT molecular complexity index is 5110. The number of hydrogen-bond acceptors (Lipinski definition) is 4. The van der Waals surface area contributed by atoms with Gasteiger partial charge in [0.05, 0.1) is 45.1 Å². The van der Waals surface area contributed by atoms with Crippen molar-refractivity contribution in [3.8, 4) is 118 Å². The van der Waals surface area contributed by atoms with Gasteiger partial charge in [-0.2, -0.15) is 5.26 Å². The molecule has 0 aliphatic rings. The second-order valence-electron chi connectivity index (χ2n) is 22.3. The first-order valence-corrected chi connectivity index (χ1v) is 29.6. The van der Waals surface area contributed by atoms with Gasteiger partial charge in [0.15, 0.2) is 17.5 Å². The highest BCUT2D eigenvalue weighted by Gasteiger charge is 2.25. The highest BCUT2D eigenvalue weighted by molar-refractivity contribution is 6.14. The molecule has 0 radical (unpaired) electrons. The Morgan fingerprint density at radius 1 is 0.227 bits per heavy atom. The fraction of sp³-hybridized carbons (Fsp3) is 0. The third-order valence-corrected chi connectivity index (χ3v) is 17.0. The number of fused-ring (bicyclic) bond motifs is 6. The third kappa shape index (κ3) is 9.28. The molecule has 0 saturated heterocycles. The lowest BCUT2D eigenvalue weighted by Crippen LogP contribution is -2.04. The van der Waals surface area contributed by atoms with Crippen molar-refractivity contribution in [2.45, 2.75) is 0 Å². The van der Waals surface area contributed by atoms with Crippen LogP contribution in [-0.4, -0.2) is 24.1 Å². The monoisotopic (exact) mass is 1120 g/mol. The molecule has 3 aromatic heterocycles. The fourth-order valence-electron chi connectivity index (χ4n) is 12.7. The van der Waals surface area contributed by atoms with Crippen LogP contribution in [0.15, 0.2) is 315 Å². The summed E-state index contributed by atoms with van der Waals surface area (Å²) in [5, 5.41) is 14.9. The maximum Gasteiger partial charge on any atom is 0.164 e. The predicted octanol–water partition coefficient (Wildman–Crippen LogP) is 20.9. The normalized spacial score (nSPS) is 11.4. The molecule has 0 aliphatic heterocycles. The van der Waals surface area contributed by atoms with E-state index in [2.05, 4.69) is 252 Å². The van der Waals surface area contributed by atoms with Crippen LogP contribution in [0.1, 0.15) is 5.56 Å². The van der Waals surface area contributed by atoms with Crippen molar-refractivity contribution in [3.63, 3.8) is 0 Å². The van der Waals surface area contributed by atoms with E-state index >= 15 is 0 Å². The van der Waals surface area contributed by atoms with Crippen LogP contribution in [0.2, 0.25) is 0 Å². The number of benzene rings is 13. The van der Waals surface area contributed by atoms with Crippen molar-refractivity contribution < 1.29 is 0 Å². The minimum Gasteiger partial charge on any atom is -0.309 e. The summed E-state index contributed by atoms with van der Waals surface area (Å²) in [6.45, 7) is 0. The summed E-state index contributed by atoms with van der Waals surface area (Å²) in [4.78, 5) is 15.8. The highest BCUT2D eigenvalue weighted by Crippen LogP contribution is 2.46. The minimum absolute atomic E-state index is 0.543. The lowest BCUT2D eigenvalue weighted by atomic mass is 9.93. The molecule has 3 heterocycles. The summed E-state index contributed by atoms with van der Waals surface area (Å²) in [7, 11) is 0. The first kappa shape index (κ1) is 51.6. The number of nitriles is 1. The molecule has 0 N–H and O–H groups in total. The van der Waals surface area contributed by atoms with E-state index in [4.69, 9.17) is 15.0 Å². The van der Waals surface area contributed by atoms with Gasteiger partial charge in [-0.1, -0.05) is 224 Å². The van der Waals surface area contributed by atoms with Crippen LogP contribution in [0.3, 0.4) is 0 Å². The quantitative estimate of drug-likeness (QED) is 0.129. The van der Waals surface area contributed by atoms with Gasteiger partial charge < -0.3 is 9.13 Å². The molecule has 88 heavy (non-hydrogen) atoms. The van der Waals surface area contributed by atoms with E-state index in [1.165, 1.54) is 0 Å². The van der Waals surface area contributed by atoms with Gasteiger partial charge in [-0.3, -0.25) is 0 Å². The Morgan fingerprint density at radius 2 is 0.500 bits per heavy atom. The van der Waals surface area contributed by atoms with Crippen LogP contribution in [0.5, 0.6) is 0 Å². The summed E-state index contributed by atoms with van der Waals surface area (Å²) in [6, 6.07) is 114. The molecule has 0 bridgehead atoms. The first-order valence-electron chi connectivity index (χ1n) is 29.6. The van der Waals surface area contributed by atoms with Crippen LogP contribution >= 0.6 is 0 Å². The van der Waals surface area contributed by atoms with Crippen LogP contribution in [0, 0.1) is 11.3 Å². The second kappa shape index (κ2) is 21.9. The van der Waals surface area contributed by atoms with E-state index in [9.17, 15) is 5.26 Å². The topological polar surface area (TPSA) is 72.3 Å². The van der Waals surface area contributed by atoms with Gasteiger partial charge in [-0.25, -0.2) is 15.0 Å². The molecule has 13 aromatic carbocycles. The van der Waals surface area contributed by atoms with Gasteiger partial charge >= 0.3 is 0 Å². The summed E-state index contributed by atoms with van der Waals surface area (Å²) in [6.07, 6.45) is 0. The number of nitrogens with zero attached hydrogens (tertiary/aromatic N) is 6. The molecule has 16 aromatic rings. The molecule has 410 valence electrons. The van der Waals surface area contributed by atoms with Crippen molar-refractivity contribution in [3.05, 3.63) is 321 Å². The van der Waals surface area contributed by atoms with E-state index in [1.807, 2.05) is 78.9 Å². The van der Waals surface area contributed by atoms with Gasteiger partial charge in [0, 0.05) is 49.4 Å². The molecule has 0 amide bonds. The predicted molar refractivity (Wildman–Crippen MR) is 362 cm³/mol. The maximum absolute atomic E-state index is 10.3. The average Bonchev–Trinajstić information content (AvgIpc) is 4.11. The van der Waals surface area contributed by atoms with Crippen molar-refractivity contribution in [2.24, 2.45) is 0 Å². The molecule has 0 atom stereocenters. The Labute approximate surface area is 509 Å². The Kier molecular flexibility index (Phi) is 12.8. The van der Waals surface area contributed by atoms with Gasteiger partial charge in [-0.05, 0) is 147 Å². The molecular formula is C82H52N6. The fourth-order valence-corrected chi connectivity index (χ4v) is 12.7. The van der Waals surface area contributed by atoms with Crippen LogP contribution < -0.4 is 0 Å². The number of hydrogen-bond donors (Lipinski definition) is 0. The van der Waals surface area contributed by atoms with Crippen LogP contribution in [0.25, 0.3) is 156 Å². The summed E-state index contributed by atoms with van der Waals surface area (Å²) in [5.74, 6) is 1.70. The summed E-state index contributed by atoms with van der Waals surface area (Å²) < 4.78 is 4.89. The first-order chi connectivity index (χ1) is 43.6. The summed E-state index contributed by atoms with van der Waals surface area (Å²) >= 11 is 0. The van der Waals surface area contributed by atoms with Crippen molar-refractivity contribution in [2.75, 3.05) is 0 Å². The molecule has 0 fully saturated rings. The van der Waals surface area contributed by atoms with Gasteiger partial charge in [-0.15, -0.1) is 0 Å². The zero-order valence-electron chi connectivity index (χ0n) is 47.7. The lowest BCUT2D eigenvalue weighted by Gasteiger charge is -2.21. The number of aromatic nitrogens is 5. The standard InChI is InChI=1S/C82H52N6/c83-53-54-20-19-33-61(46-54)66-38-44-78(87-74-40-34-62(55-21-7-1-8-22-55)47-68(74)69-48-63(35-41-75(69)87)56-23-9-2-10-24-56)72(51-66)73-52-67(82-85-80(59-29-15-5-16-30-59)84-81(86-82)60-31-17-6-18-32-60)39-45-79(73)88-76-42-36-64(57-25-11-3-12-26-57)49-70(76)71-50-65(37-43-77(71)88)58-27-13-4-14-28-58/h1-52H. The van der Waals surface area contributed by atoms with E-state index in [0.717, 1.165) is 138 Å². The molecule has 6 nitrogen and oxygen atoms in total. The van der Waals surface area contributed by atoms with Crippen LogP contribution in [-0.2, 0) is 0 Å². The summed E-state index contributed by atoms with van der Waals surface area (Å²) in [5.41, 5.74) is 22.3. The molecular weight excluding hydrogens is 1070 g/mol. The van der Waals surface area contributed by atoms with Gasteiger partial charge in [0.25, 0.3) is 0 Å². The molecule has 0 unspecified atom stereocenters. The second-order valence-corrected chi connectivity index (χ2v) is 22.3. The SMILES string of the molecule is N#Cc1cccc(-c2ccc(-n3c4ccc(-c5ccccc5)cc4c4cc(-c5ccccc5)ccc43)c(-c3cc(-c4nc(-c5ccccc5)nc(-c5ccccc5)n4)ccc3-n3c4ccc(-c5ccccc5)cc4c4cc(-c5ccccc5)ccc43)c2)c1. The van der Waals surface area contributed by atoms with E-state index < -0.39 is 0 Å².